The molecule has 0 radical (unpaired) electrons. The number of nitrogens with zero attached hydrogens (tertiary/aromatic N) is 2. The Labute approximate surface area is 340 Å². The van der Waals surface area contributed by atoms with E-state index in [2.05, 4.69) is 63.8 Å². The maximum absolute atomic E-state index is 14.2. The van der Waals surface area contributed by atoms with Gasteiger partial charge in [0.15, 0.2) is 9.04 Å². The molecule has 56 heavy (non-hydrogen) atoms. The van der Waals surface area contributed by atoms with Crippen molar-refractivity contribution in [1.29, 1.82) is 0 Å². The van der Waals surface area contributed by atoms with Crippen molar-refractivity contribution in [3.05, 3.63) is 29.8 Å². The molecule has 13 nitrogen and oxygen atoms in total. The van der Waals surface area contributed by atoms with E-state index in [1.54, 1.807) is 40.3 Å². The molecule has 0 aliphatic heterocycles. The van der Waals surface area contributed by atoms with Gasteiger partial charge in [0, 0.05) is 52.2 Å². The van der Waals surface area contributed by atoms with Crippen LogP contribution in [0.5, 0.6) is 5.75 Å². The predicted octanol–water partition coefficient (Wildman–Crippen LogP) is 7.46. The van der Waals surface area contributed by atoms with E-state index in [0.717, 1.165) is 12.8 Å². The number of para-hydroxylation sites is 1. The van der Waals surface area contributed by atoms with Crippen molar-refractivity contribution in [1.82, 2.24) is 26.0 Å². The number of carbonyl (C=O) groups is 4. The van der Waals surface area contributed by atoms with Gasteiger partial charge in [-0.25, -0.2) is 14.6 Å². The standard InChI is InChI=1S/C42H77N5O8Si/c1-17-47(39(50)45-46(12)13)38(49)32(29(4)5)26-33(41(6,7)8)34(43-40(51)54-42(9,10)11)27-31(28(2)3)37(55-56(15)16)44-36(48)30-22-18-19-23-35(30)53-25-21-20-24-52-14/h18-19,22-23,28-29,31-34,37,56H,17,20-21,24-27H2,1-16H3,(H,43,51)(H,44,48)(H,45,50). The molecule has 14 heteroatoms. The number of carbonyl (C=O) groups excluding carboxylic acids is 4. The zero-order valence-corrected chi connectivity index (χ0v) is 38.7. The number of unbranched alkanes of at least 4 members (excludes halogenated alkanes) is 1. The van der Waals surface area contributed by atoms with Crippen LogP contribution in [-0.4, -0.2) is 102 Å². The van der Waals surface area contributed by atoms with Gasteiger partial charge >= 0.3 is 12.1 Å². The second-order valence-corrected chi connectivity index (χ2v) is 20.3. The molecule has 5 unspecified atom stereocenters. The molecule has 1 aromatic rings. The van der Waals surface area contributed by atoms with Gasteiger partial charge in [-0.15, -0.1) is 0 Å². The molecule has 1 aromatic carbocycles. The first-order chi connectivity index (χ1) is 25.9. The van der Waals surface area contributed by atoms with Crippen LogP contribution in [0.1, 0.15) is 112 Å². The second kappa shape index (κ2) is 23.9. The minimum atomic E-state index is -1.73. The van der Waals surface area contributed by atoms with E-state index < -0.39 is 50.4 Å². The van der Waals surface area contributed by atoms with Gasteiger partial charge < -0.3 is 29.3 Å². The summed E-state index contributed by atoms with van der Waals surface area (Å²) in [6, 6.07) is 6.20. The first-order valence-electron chi connectivity index (χ1n) is 20.4. The van der Waals surface area contributed by atoms with Crippen LogP contribution >= 0.6 is 0 Å². The van der Waals surface area contributed by atoms with Crippen molar-refractivity contribution < 1.29 is 37.8 Å². The Hall–Kier alpha value is -3.20. The normalized spacial score (nSPS) is 14.9. The van der Waals surface area contributed by atoms with Crippen LogP contribution in [0.15, 0.2) is 24.3 Å². The summed E-state index contributed by atoms with van der Waals surface area (Å²) < 4.78 is 23.7. The second-order valence-electron chi connectivity index (χ2n) is 18.0. The molecule has 322 valence electrons. The smallest absolute Gasteiger partial charge is 0.407 e. The number of rotatable bonds is 22. The topological polar surface area (TPSA) is 148 Å². The first-order valence-corrected chi connectivity index (χ1v) is 23.2. The summed E-state index contributed by atoms with van der Waals surface area (Å²) in [4.78, 5) is 56.4. The highest BCUT2D eigenvalue weighted by atomic mass is 28.3. The van der Waals surface area contributed by atoms with E-state index in [4.69, 9.17) is 18.6 Å². The number of hydrogen-bond donors (Lipinski definition) is 3. The minimum absolute atomic E-state index is 0.0109. The Morgan fingerprint density at radius 1 is 0.857 bits per heavy atom. The maximum atomic E-state index is 14.2. The number of amides is 5. The molecule has 0 aromatic heterocycles. The molecule has 1 rings (SSSR count). The monoisotopic (exact) mass is 808 g/mol. The summed E-state index contributed by atoms with van der Waals surface area (Å²) in [5, 5.41) is 7.96. The third kappa shape index (κ3) is 17.9. The lowest BCUT2D eigenvalue weighted by atomic mass is 9.67. The summed E-state index contributed by atoms with van der Waals surface area (Å²) in [7, 11) is 3.33. The van der Waals surface area contributed by atoms with Crippen molar-refractivity contribution >= 4 is 33.0 Å². The number of ether oxygens (including phenoxy) is 3. The first kappa shape index (κ1) is 50.8. The molecule has 5 atom stereocenters. The number of nitrogens with one attached hydrogen (secondary N) is 3. The maximum Gasteiger partial charge on any atom is 0.407 e. The number of methoxy groups -OCH3 is 1. The largest absolute Gasteiger partial charge is 0.493 e. The van der Waals surface area contributed by atoms with E-state index in [0.29, 0.717) is 37.4 Å². The fourth-order valence-corrected chi connectivity index (χ4v) is 7.63. The fourth-order valence-electron chi connectivity index (χ4n) is 6.78. The minimum Gasteiger partial charge on any atom is -0.493 e. The Morgan fingerprint density at radius 3 is 1.96 bits per heavy atom. The summed E-state index contributed by atoms with van der Waals surface area (Å²) in [5.74, 6) is -1.24. The number of imide groups is 1. The van der Waals surface area contributed by atoms with Gasteiger partial charge in [0.1, 0.15) is 17.6 Å². The highest BCUT2D eigenvalue weighted by Gasteiger charge is 2.42. The van der Waals surface area contributed by atoms with Gasteiger partial charge in [-0.2, -0.15) is 0 Å². The van der Waals surface area contributed by atoms with Crippen LogP contribution in [0.2, 0.25) is 13.1 Å². The Bertz CT molecular complexity index is 1360. The van der Waals surface area contributed by atoms with E-state index >= 15 is 0 Å². The molecular weight excluding hydrogens is 731 g/mol. The third-order valence-corrected chi connectivity index (χ3v) is 10.5. The lowest BCUT2D eigenvalue weighted by Gasteiger charge is -2.43. The Morgan fingerprint density at radius 2 is 1.46 bits per heavy atom. The summed E-state index contributed by atoms with van der Waals surface area (Å²) in [6.45, 7) is 27.1. The van der Waals surface area contributed by atoms with Crippen LogP contribution in [0.25, 0.3) is 0 Å². The van der Waals surface area contributed by atoms with Crippen molar-refractivity contribution in [3.8, 4) is 5.75 Å². The zero-order valence-electron chi connectivity index (χ0n) is 37.5. The van der Waals surface area contributed by atoms with E-state index in [1.807, 2.05) is 46.8 Å². The number of urea groups is 1. The molecule has 0 aliphatic carbocycles. The van der Waals surface area contributed by atoms with Crippen LogP contribution in [0.3, 0.4) is 0 Å². The van der Waals surface area contributed by atoms with Crippen molar-refractivity contribution in [2.75, 3.05) is 41.0 Å². The molecule has 3 N–H and O–H groups in total. The van der Waals surface area contributed by atoms with E-state index in [1.165, 1.54) is 9.91 Å². The van der Waals surface area contributed by atoms with Gasteiger partial charge in [-0.05, 0) is 102 Å². The lowest BCUT2D eigenvalue weighted by molar-refractivity contribution is -0.135. The van der Waals surface area contributed by atoms with Gasteiger partial charge in [-0.3, -0.25) is 19.9 Å². The van der Waals surface area contributed by atoms with Gasteiger partial charge in [-0.1, -0.05) is 60.6 Å². The van der Waals surface area contributed by atoms with E-state index in [9.17, 15) is 19.2 Å². The molecule has 0 saturated carbocycles. The molecule has 0 saturated heterocycles. The molecule has 0 heterocycles. The predicted molar refractivity (Wildman–Crippen MR) is 226 cm³/mol. The lowest BCUT2D eigenvalue weighted by Crippen LogP contribution is -2.54. The van der Waals surface area contributed by atoms with Crippen molar-refractivity contribution in [2.45, 2.75) is 133 Å². The number of hydrazine groups is 1. The van der Waals surface area contributed by atoms with Crippen molar-refractivity contribution in [3.63, 3.8) is 0 Å². The highest BCUT2D eigenvalue weighted by Crippen LogP contribution is 2.40. The molecular formula is C42H77N5O8Si. The van der Waals surface area contributed by atoms with Gasteiger partial charge in [0.25, 0.3) is 5.91 Å². The molecule has 0 spiro atoms. The quantitative estimate of drug-likeness (QED) is 0.0470. The Balaban J connectivity index is 3.74. The zero-order chi connectivity index (χ0) is 43.0. The average molecular weight is 808 g/mol. The number of benzene rings is 1. The van der Waals surface area contributed by atoms with Crippen LogP contribution in [-0.2, 0) is 18.7 Å². The number of hydrogen-bond acceptors (Lipinski definition) is 9. The molecule has 0 fully saturated rings. The highest BCUT2D eigenvalue weighted by molar-refractivity contribution is 6.48. The number of alkyl carbamates (subject to hydrolysis) is 1. The summed E-state index contributed by atoms with van der Waals surface area (Å²) >= 11 is 0. The molecule has 0 aliphatic rings. The van der Waals surface area contributed by atoms with Crippen LogP contribution in [0, 0.1) is 35.0 Å². The molecule has 0 bridgehead atoms. The van der Waals surface area contributed by atoms with Gasteiger partial charge in [0.2, 0.25) is 5.91 Å². The Kier molecular flexibility index (Phi) is 21.7. The summed E-state index contributed by atoms with van der Waals surface area (Å²) in [5.41, 5.74) is 1.96. The molecule has 5 amide bonds. The summed E-state index contributed by atoms with van der Waals surface area (Å²) in [6.07, 6.45) is 1.19. The van der Waals surface area contributed by atoms with E-state index in [-0.39, 0.29) is 42.0 Å². The SMILES string of the molecule is CCN(C(=O)NN(C)C)C(=O)C(CC(C(CC(C(C)C)C(NC(=O)c1ccccc1OCCCCOC)O[SiH](C)C)NC(=O)OC(C)(C)C)C(C)(C)C)C(C)C. The van der Waals surface area contributed by atoms with Crippen LogP contribution < -0.4 is 20.8 Å². The fraction of sp³-hybridized carbons (Fsp3) is 0.762. The van der Waals surface area contributed by atoms with Crippen molar-refractivity contribution in [2.24, 2.45) is 35.0 Å². The van der Waals surface area contributed by atoms with Gasteiger partial charge in [0.05, 0.1) is 12.2 Å². The average Bonchev–Trinajstić information content (AvgIpc) is 3.04. The third-order valence-electron chi connectivity index (χ3n) is 9.67. The van der Waals surface area contributed by atoms with Crippen LogP contribution in [0.4, 0.5) is 9.59 Å².